The van der Waals surface area contributed by atoms with E-state index in [9.17, 15) is 18.0 Å². The maximum absolute atomic E-state index is 12.8. The van der Waals surface area contributed by atoms with Crippen molar-refractivity contribution < 1.29 is 22.7 Å². The Labute approximate surface area is 167 Å². The van der Waals surface area contributed by atoms with E-state index in [0.717, 1.165) is 44.9 Å². The van der Waals surface area contributed by atoms with Crippen molar-refractivity contribution in [2.24, 2.45) is 0 Å². The largest absolute Gasteiger partial charge is 0.452 e. The Morgan fingerprint density at radius 3 is 2.39 bits per heavy atom. The number of sulfonamides is 1. The Hall–Kier alpha value is -1.93. The zero-order valence-corrected chi connectivity index (χ0v) is 17.5. The van der Waals surface area contributed by atoms with Gasteiger partial charge in [-0.1, -0.05) is 32.6 Å². The fourth-order valence-corrected chi connectivity index (χ4v) is 4.66. The van der Waals surface area contributed by atoms with Gasteiger partial charge in [-0.25, -0.2) is 13.2 Å². The second-order valence-corrected chi connectivity index (χ2v) is 9.11. The normalized spacial score (nSPS) is 15.4. The smallest absolute Gasteiger partial charge is 0.338 e. The van der Waals surface area contributed by atoms with Crippen LogP contribution in [-0.2, 0) is 19.6 Å². The predicted octanol–water partition coefficient (Wildman–Crippen LogP) is 2.71. The van der Waals surface area contributed by atoms with E-state index in [4.69, 9.17) is 4.74 Å². The van der Waals surface area contributed by atoms with Crippen LogP contribution in [0.2, 0.25) is 0 Å². The molecule has 28 heavy (non-hydrogen) atoms. The van der Waals surface area contributed by atoms with Crippen LogP contribution in [0.1, 0.15) is 62.2 Å². The van der Waals surface area contributed by atoms with E-state index >= 15 is 0 Å². The van der Waals surface area contributed by atoms with Gasteiger partial charge in [0.2, 0.25) is 10.0 Å². The minimum Gasteiger partial charge on any atom is -0.452 e. The lowest BCUT2D eigenvalue weighted by molar-refractivity contribution is -0.124. The fraction of sp³-hybridized carbons (Fsp3) is 0.600. The zero-order chi connectivity index (χ0) is 20.6. The number of amides is 1. The number of hydrogen-bond donors (Lipinski definition) is 1. The second-order valence-electron chi connectivity index (χ2n) is 7.12. The van der Waals surface area contributed by atoms with Gasteiger partial charge in [0.15, 0.2) is 6.61 Å². The van der Waals surface area contributed by atoms with Gasteiger partial charge in [-0.15, -0.1) is 0 Å². The average molecular weight is 411 g/mol. The van der Waals surface area contributed by atoms with Gasteiger partial charge in [0.1, 0.15) is 0 Å². The topological polar surface area (TPSA) is 92.8 Å². The summed E-state index contributed by atoms with van der Waals surface area (Å²) in [6.07, 6.45) is 6.82. The number of benzene rings is 1. The SMILES string of the molecule is CCCCNC(=O)COC(=O)c1ccc(S(=O)(=O)N(C)C2CCCCC2)cc1. The Kier molecular flexibility index (Phi) is 8.44. The van der Waals surface area contributed by atoms with Crippen molar-refractivity contribution in [3.05, 3.63) is 29.8 Å². The molecule has 0 heterocycles. The Morgan fingerprint density at radius 1 is 1.14 bits per heavy atom. The van der Waals surface area contributed by atoms with Crippen molar-refractivity contribution >= 4 is 21.9 Å². The second kappa shape index (κ2) is 10.6. The number of carbonyl (C=O) groups excluding carboxylic acids is 2. The molecule has 2 rings (SSSR count). The summed E-state index contributed by atoms with van der Waals surface area (Å²) >= 11 is 0. The molecule has 0 spiro atoms. The molecule has 1 aliphatic carbocycles. The van der Waals surface area contributed by atoms with E-state index < -0.39 is 16.0 Å². The summed E-state index contributed by atoms with van der Waals surface area (Å²) in [5.41, 5.74) is 0.209. The molecule has 1 aromatic carbocycles. The van der Waals surface area contributed by atoms with Crippen molar-refractivity contribution in [1.82, 2.24) is 9.62 Å². The van der Waals surface area contributed by atoms with Gasteiger partial charge < -0.3 is 10.1 Å². The number of ether oxygens (including phenoxy) is 1. The lowest BCUT2D eigenvalue weighted by atomic mass is 9.96. The van der Waals surface area contributed by atoms with Crippen LogP contribution in [0, 0.1) is 0 Å². The molecule has 0 bridgehead atoms. The van der Waals surface area contributed by atoms with Crippen LogP contribution < -0.4 is 5.32 Å². The summed E-state index contributed by atoms with van der Waals surface area (Å²) in [5.74, 6) is -1.01. The first-order valence-corrected chi connectivity index (χ1v) is 11.3. The molecule has 1 aromatic rings. The molecule has 1 fully saturated rings. The van der Waals surface area contributed by atoms with Crippen LogP contribution in [0.5, 0.6) is 0 Å². The highest BCUT2D eigenvalue weighted by molar-refractivity contribution is 7.89. The van der Waals surface area contributed by atoms with Gasteiger partial charge in [0.25, 0.3) is 5.91 Å². The van der Waals surface area contributed by atoms with E-state index in [1.807, 2.05) is 6.92 Å². The third-order valence-electron chi connectivity index (χ3n) is 5.04. The first-order chi connectivity index (χ1) is 13.4. The van der Waals surface area contributed by atoms with E-state index in [-0.39, 0.29) is 29.0 Å². The maximum atomic E-state index is 12.8. The van der Waals surface area contributed by atoms with Crippen molar-refractivity contribution in [3.63, 3.8) is 0 Å². The van der Waals surface area contributed by atoms with Gasteiger partial charge in [-0.2, -0.15) is 4.31 Å². The lowest BCUT2D eigenvalue weighted by Gasteiger charge is -2.30. The summed E-state index contributed by atoms with van der Waals surface area (Å²) in [4.78, 5) is 23.8. The van der Waals surface area contributed by atoms with Crippen molar-refractivity contribution in [3.8, 4) is 0 Å². The van der Waals surface area contributed by atoms with Crippen molar-refractivity contribution in [1.29, 1.82) is 0 Å². The van der Waals surface area contributed by atoms with Crippen LogP contribution >= 0.6 is 0 Å². The highest BCUT2D eigenvalue weighted by Gasteiger charge is 2.29. The number of unbranched alkanes of at least 4 members (excludes halogenated alkanes) is 1. The third kappa shape index (κ3) is 6.04. The third-order valence-corrected chi connectivity index (χ3v) is 6.97. The van der Waals surface area contributed by atoms with Crippen LogP contribution in [0.4, 0.5) is 0 Å². The van der Waals surface area contributed by atoms with E-state index in [2.05, 4.69) is 5.32 Å². The molecule has 0 aliphatic heterocycles. The summed E-state index contributed by atoms with van der Waals surface area (Å²) in [6, 6.07) is 5.67. The molecule has 0 aromatic heterocycles. The molecule has 0 radical (unpaired) electrons. The summed E-state index contributed by atoms with van der Waals surface area (Å²) in [7, 11) is -1.99. The summed E-state index contributed by atoms with van der Waals surface area (Å²) < 4.78 is 32.0. The number of hydrogen-bond acceptors (Lipinski definition) is 5. The zero-order valence-electron chi connectivity index (χ0n) is 16.6. The van der Waals surface area contributed by atoms with Gasteiger partial charge in [-0.3, -0.25) is 4.79 Å². The van der Waals surface area contributed by atoms with Gasteiger partial charge in [0, 0.05) is 19.6 Å². The Balaban J connectivity index is 1.94. The van der Waals surface area contributed by atoms with E-state index in [1.165, 1.54) is 28.6 Å². The Bertz CT molecular complexity index is 755. The molecule has 1 saturated carbocycles. The Morgan fingerprint density at radius 2 is 1.79 bits per heavy atom. The molecular weight excluding hydrogens is 380 g/mol. The molecular formula is C20H30N2O5S. The molecule has 0 unspecified atom stereocenters. The molecule has 156 valence electrons. The number of esters is 1. The lowest BCUT2D eigenvalue weighted by Crippen LogP contribution is -2.38. The van der Waals surface area contributed by atoms with Crippen LogP contribution in [0.15, 0.2) is 29.2 Å². The molecule has 0 saturated heterocycles. The number of nitrogens with one attached hydrogen (secondary N) is 1. The van der Waals surface area contributed by atoms with Crippen LogP contribution in [-0.4, -0.2) is 50.8 Å². The molecule has 0 atom stereocenters. The molecule has 1 aliphatic rings. The number of rotatable bonds is 9. The van der Waals surface area contributed by atoms with Gasteiger partial charge in [-0.05, 0) is 43.5 Å². The monoisotopic (exact) mass is 410 g/mol. The minimum absolute atomic E-state index is 0.0228. The first kappa shape index (κ1) is 22.4. The minimum atomic E-state index is -3.60. The molecule has 8 heteroatoms. The molecule has 1 N–H and O–H groups in total. The van der Waals surface area contributed by atoms with Crippen molar-refractivity contribution in [2.75, 3.05) is 20.2 Å². The quantitative estimate of drug-likeness (QED) is 0.499. The standard InChI is InChI=1S/C20H30N2O5S/c1-3-4-14-21-19(23)15-27-20(24)16-10-12-18(13-11-16)28(25,26)22(2)17-8-6-5-7-9-17/h10-13,17H,3-9,14-15H2,1-2H3,(H,21,23). The van der Waals surface area contributed by atoms with Gasteiger partial charge >= 0.3 is 5.97 Å². The fourth-order valence-electron chi connectivity index (χ4n) is 3.24. The van der Waals surface area contributed by atoms with E-state index in [1.54, 1.807) is 7.05 Å². The highest BCUT2D eigenvalue weighted by atomic mass is 32.2. The van der Waals surface area contributed by atoms with Crippen LogP contribution in [0.25, 0.3) is 0 Å². The highest BCUT2D eigenvalue weighted by Crippen LogP contribution is 2.26. The van der Waals surface area contributed by atoms with E-state index in [0.29, 0.717) is 6.54 Å². The summed E-state index contributed by atoms with van der Waals surface area (Å²) in [6.45, 7) is 2.21. The first-order valence-electron chi connectivity index (χ1n) is 9.88. The van der Waals surface area contributed by atoms with Crippen LogP contribution in [0.3, 0.4) is 0 Å². The number of carbonyl (C=O) groups is 2. The predicted molar refractivity (Wildman–Crippen MR) is 106 cm³/mol. The number of nitrogens with zero attached hydrogens (tertiary/aromatic N) is 1. The molecule has 1 amide bonds. The average Bonchev–Trinajstić information content (AvgIpc) is 2.72. The summed E-state index contributed by atoms with van der Waals surface area (Å²) in [5, 5.41) is 2.66. The van der Waals surface area contributed by atoms with Gasteiger partial charge in [0.05, 0.1) is 10.5 Å². The van der Waals surface area contributed by atoms with Crippen molar-refractivity contribution in [2.45, 2.75) is 62.8 Å². The molecule has 7 nitrogen and oxygen atoms in total. The maximum Gasteiger partial charge on any atom is 0.338 e.